The van der Waals surface area contributed by atoms with Gasteiger partial charge in [0.2, 0.25) is 11.1 Å². The van der Waals surface area contributed by atoms with Gasteiger partial charge in [-0.3, -0.25) is 13.9 Å². The summed E-state index contributed by atoms with van der Waals surface area (Å²) in [5, 5.41) is 2.57. The molecule has 0 spiro atoms. The number of hydrogen-bond acceptors (Lipinski definition) is 5. The van der Waals surface area contributed by atoms with Crippen LogP contribution in [0.3, 0.4) is 0 Å². The SMILES string of the molecule is CNC(=O)c1ccc(-c2cccc3c2OS(O)(O)NC3)cc1. The zero-order chi connectivity index (χ0) is 15.7. The summed E-state index contributed by atoms with van der Waals surface area (Å²) in [6.07, 6.45) is 0. The van der Waals surface area contributed by atoms with E-state index in [0.717, 1.165) is 16.7 Å². The predicted octanol–water partition coefficient (Wildman–Crippen LogP) is 2.78. The molecule has 2 aromatic rings. The highest BCUT2D eigenvalue weighted by molar-refractivity contribution is 8.18. The Kier molecular flexibility index (Phi) is 3.79. The molecule has 116 valence electrons. The van der Waals surface area contributed by atoms with Crippen molar-refractivity contribution in [1.29, 1.82) is 0 Å². The van der Waals surface area contributed by atoms with Crippen LogP contribution in [0.1, 0.15) is 15.9 Å². The molecule has 6 nitrogen and oxygen atoms in total. The second-order valence-corrected chi connectivity index (χ2v) is 6.30. The molecule has 22 heavy (non-hydrogen) atoms. The average Bonchev–Trinajstić information content (AvgIpc) is 2.53. The zero-order valence-corrected chi connectivity index (χ0v) is 12.7. The molecule has 1 aliphatic heterocycles. The van der Waals surface area contributed by atoms with E-state index in [2.05, 4.69) is 10.0 Å². The summed E-state index contributed by atoms with van der Waals surface area (Å²) in [6.45, 7) is 0.321. The minimum Gasteiger partial charge on any atom is -0.391 e. The molecular weight excluding hydrogens is 304 g/mol. The quantitative estimate of drug-likeness (QED) is 0.683. The van der Waals surface area contributed by atoms with Gasteiger partial charge in [0.25, 0.3) is 5.91 Å². The van der Waals surface area contributed by atoms with Crippen LogP contribution in [0.15, 0.2) is 42.5 Å². The molecule has 1 aliphatic rings. The first kappa shape index (κ1) is 14.9. The van der Waals surface area contributed by atoms with Crippen molar-refractivity contribution in [3.8, 4) is 16.9 Å². The number of benzene rings is 2. The Hall–Kier alpha value is -2.06. The summed E-state index contributed by atoms with van der Waals surface area (Å²) in [7, 11) is 1.58. The molecule has 0 radical (unpaired) electrons. The van der Waals surface area contributed by atoms with Gasteiger partial charge >= 0.3 is 0 Å². The van der Waals surface area contributed by atoms with Crippen molar-refractivity contribution in [3.63, 3.8) is 0 Å². The molecule has 4 N–H and O–H groups in total. The van der Waals surface area contributed by atoms with Gasteiger partial charge in [-0.25, -0.2) is 4.72 Å². The smallest absolute Gasteiger partial charge is 0.251 e. The van der Waals surface area contributed by atoms with Gasteiger partial charge in [-0.15, -0.1) is 0 Å². The van der Waals surface area contributed by atoms with Crippen molar-refractivity contribution in [2.24, 2.45) is 0 Å². The van der Waals surface area contributed by atoms with Crippen molar-refractivity contribution in [2.45, 2.75) is 6.54 Å². The lowest BCUT2D eigenvalue weighted by Crippen LogP contribution is -2.28. The number of hydrogen-bond donors (Lipinski definition) is 4. The molecule has 2 aromatic carbocycles. The van der Waals surface area contributed by atoms with E-state index in [9.17, 15) is 13.9 Å². The Morgan fingerprint density at radius 3 is 2.64 bits per heavy atom. The Morgan fingerprint density at radius 1 is 1.23 bits per heavy atom. The van der Waals surface area contributed by atoms with Crippen molar-refractivity contribution in [1.82, 2.24) is 10.0 Å². The van der Waals surface area contributed by atoms with E-state index in [1.165, 1.54) is 0 Å². The second kappa shape index (κ2) is 5.62. The molecule has 1 amide bonds. The minimum atomic E-state index is -3.27. The van der Waals surface area contributed by atoms with E-state index in [-0.39, 0.29) is 5.91 Å². The van der Waals surface area contributed by atoms with E-state index >= 15 is 0 Å². The van der Waals surface area contributed by atoms with E-state index in [4.69, 9.17) is 4.18 Å². The highest BCUT2D eigenvalue weighted by Crippen LogP contribution is 2.47. The van der Waals surface area contributed by atoms with Crippen LogP contribution < -0.4 is 14.2 Å². The number of carbonyl (C=O) groups excluding carboxylic acids is 1. The standard InChI is InChI=1S/C15H16N2O4S/c1-16-15(18)11-7-5-10(6-8-11)13-4-2-3-12-9-17-22(19,20)21-14(12)13/h2-8,17,19-20H,9H2,1H3,(H,16,18). The molecule has 0 atom stereocenters. The molecule has 7 heteroatoms. The summed E-state index contributed by atoms with van der Waals surface area (Å²) in [5.41, 5.74) is 2.99. The lowest BCUT2D eigenvalue weighted by molar-refractivity contribution is 0.0963. The van der Waals surface area contributed by atoms with Crippen molar-refractivity contribution in [3.05, 3.63) is 53.6 Å². The number of amides is 1. The monoisotopic (exact) mass is 320 g/mol. The van der Waals surface area contributed by atoms with Gasteiger partial charge in [0.15, 0.2) is 5.75 Å². The van der Waals surface area contributed by atoms with Crippen molar-refractivity contribution < 1.29 is 18.1 Å². The molecule has 0 saturated heterocycles. The highest BCUT2D eigenvalue weighted by atomic mass is 32.3. The molecule has 0 aromatic heterocycles. The van der Waals surface area contributed by atoms with Gasteiger partial charge in [0.05, 0.1) is 0 Å². The van der Waals surface area contributed by atoms with E-state index in [0.29, 0.717) is 17.9 Å². The highest BCUT2D eigenvalue weighted by Gasteiger charge is 2.28. The van der Waals surface area contributed by atoms with E-state index in [1.54, 1.807) is 31.3 Å². The largest absolute Gasteiger partial charge is 0.391 e. The Morgan fingerprint density at radius 2 is 1.95 bits per heavy atom. The number of nitrogens with one attached hydrogen (secondary N) is 2. The first-order valence-electron chi connectivity index (χ1n) is 6.67. The van der Waals surface area contributed by atoms with Crippen LogP contribution in [0.5, 0.6) is 5.75 Å². The third-order valence-corrected chi connectivity index (χ3v) is 4.35. The molecule has 0 saturated carbocycles. The Labute approximate surface area is 129 Å². The van der Waals surface area contributed by atoms with Crippen LogP contribution in [0.2, 0.25) is 0 Å². The van der Waals surface area contributed by atoms with E-state index in [1.807, 2.05) is 18.2 Å². The zero-order valence-electron chi connectivity index (χ0n) is 11.9. The van der Waals surface area contributed by atoms with Gasteiger partial charge in [-0.2, -0.15) is 0 Å². The summed E-state index contributed by atoms with van der Waals surface area (Å²) >= 11 is -3.27. The Bertz CT molecular complexity index is 716. The first-order valence-corrected chi connectivity index (χ1v) is 8.14. The fourth-order valence-electron chi connectivity index (χ4n) is 2.31. The van der Waals surface area contributed by atoms with Crippen molar-refractivity contribution >= 4 is 17.0 Å². The number of fused-ring (bicyclic) bond motifs is 1. The van der Waals surface area contributed by atoms with Gasteiger partial charge < -0.3 is 9.50 Å². The maximum atomic E-state index is 11.6. The molecule has 0 fully saturated rings. The normalized spacial score (nSPS) is 17.0. The average molecular weight is 320 g/mol. The maximum absolute atomic E-state index is 11.6. The topological polar surface area (TPSA) is 90.8 Å². The van der Waals surface area contributed by atoms with Crippen molar-refractivity contribution in [2.75, 3.05) is 7.05 Å². The number of rotatable bonds is 2. The van der Waals surface area contributed by atoms with Crippen LogP contribution in [0.25, 0.3) is 11.1 Å². The maximum Gasteiger partial charge on any atom is 0.251 e. The molecule has 0 bridgehead atoms. The van der Waals surface area contributed by atoms with Gasteiger partial charge in [0.1, 0.15) is 0 Å². The second-order valence-electron chi connectivity index (χ2n) is 4.85. The molecule has 0 aliphatic carbocycles. The number of carbonyl (C=O) groups is 1. The van der Waals surface area contributed by atoms with Gasteiger partial charge in [-0.1, -0.05) is 30.3 Å². The summed E-state index contributed by atoms with van der Waals surface area (Å²) in [6, 6.07) is 12.6. The van der Waals surface area contributed by atoms with Crippen LogP contribution >= 0.6 is 11.1 Å². The Balaban J connectivity index is 2.01. The summed E-state index contributed by atoms with van der Waals surface area (Å²) in [4.78, 5) is 11.6. The van der Waals surface area contributed by atoms with Crippen LogP contribution in [-0.4, -0.2) is 22.1 Å². The summed E-state index contributed by atoms with van der Waals surface area (Å²) in [5.74, 6) is 0.296. The predicted molar refractivity (Wildman–Crippen MR) is 85.6 cm³/mol. The molecule has 1 heterocycles. The number of para-hydroxylation sites is 1. The van der Waals surface area contributed by atoms with E-state index < -0.39 is 11.1 Å². The first-order chi connectivity index (χ1) is 10.5. The van der Waals surface area contributed by atoms with Crippen LogP contribution in [0, 0.1) is 0 Å². The van der Waals surface area contributed by atoms with Gasteiger partial charge in [0, 0.05) is 30.3 Å². The lowest BCUT2D eigenvalue weighted by Gasteiger charge is -2.33. The van der Waals surface area contributed by atoms with Crippen LogP contribution in [0.4, 0.5) is 0 Å². The molecular formula is C15H16N2O4S. The third kappa shape index (κ3) is 2.79. The van der Waals surface area contributed by atoms with Crippen LogP contribution in [-0.2, 0) is 6.54 Å². The lowest BCUT2D eigenvalue weighted by atomic mass is 10.00. The third-order valence-electron chi connectivity index (χ3n) is 3.43. The fourth-order valence-corrected chi connectivity index (χ4v) is 3.14. The van der Waals surface area contributed by atoms with Gasteiger partial charge in [-0.05, 0) is 17.7 Å². The molecule has 3 rings (SSSR count). The molecule has 0 unspecified atom stereocenters. The summed E-state index contributed by atoms with van der Waals surface area (Å²) < 4.78 is 27.2. The minimum absolute atomic E-state index is 0.156. The fraction of sp³-hybridized carbons (Fsp3) is 0.133.